The highest BCUT2D eigenvalue weighted by Crippen LogP contribution is 2.36. The number of aliphatic imine (C=N–C) groups is 1. The van der Waals surface area contributed by atoms with E-state index in [1.807, 2.05) is 0 Å². The smallest absolute Gasteiger partial charge is 0.184 e. The normalized spacial score (nSPS) is 29.0. The van der Waals surface area contributed by atoms with Crippen molar-refractivity contribution in [2.45, 2.75) is 30.7 Å². The minimum Gasteiger partial charge on any atom is -0.394 e. The minimum atomic E-state index is -1.26. The molecule has 2 aliphatic rings. The van der Waals surface area contributed by atoms with Gasteiger partial charge in [0, 0.05) is 0 Å². The largest absolute Gasteiger partial charge is 0.394 e. The van der Waals surface area contributed by atoms with Gasteiger partial charge in [-0.05, 0) is 0 Å². The molecule has 14 nitrogen and oxygen atoms in total. The summed E-state index contributed by atoms with van der Waals surface area (Å²) in [5.74, 6) is 0.604. The lowest BCUT2D eigenvalue weighted by molar-refractivity contribution is -0.0520. The zero-order valence-electron chi connectivity index (χ0n) is 14.9. The van der Waals surface area contributed by atoms with Gasteiger partial charge in [-0.25, -0.2) is 34.6 Å². The molecule has 1 saturated heterocycles. The lowest BCUT2D eigenvalue weighted by atomic mass is 10.1. The van der Waals surface area contributed by atoms with E-state index < -0.39 is 37.3 Å². The highest BCUT2D eigenvalue weighted by Gasteiger charge is 2.45. The number of hydrogen-bond acceptors (Lipinski definition) is 12. The van der Waals surface area contributed by atoms with Gasteiger partial charge in [0.25, 0.3) is 0 Å². The van der Waals surface area contributed by atoms with E-state index >= 15 is 0 Å². The molecule has 3 aromatic rings. The Morgan fingerprint density at radius 1 is 1.10 bits per heavy atom. The molecular formula is C15H18N10O4. The van der Waals surface area contributed by atoms with Crippen molar-refractivity contribution in [2.24, 2.45) is 10.7 Å². The molecule has 5 rings (SSSR count). The topological polar surface area (TPSA) is 199 Å². The van der Waals surface area contributed by atoms with E-state index in [0.717, 1.165) is 0 Å². The fraction of sp³-hybridized carbons (Fsp3) is 0.400. The molecule has 5 atom stereocenters. The van der Waals surface area contributed by atoms with Crippen molar-refractivity contribution >= 4 is 29.1 Å². The Balaban J connectivity index is 1.50. The Hall–Kier alpha value is -3.17. The van der Waals surface area contributed by atoms with E-state index in [1.165, 1.54) is 29.9 Å². The molecule has 152 valence electrons. The Bertz CT molecular complexity index is 1100. The molecule has 2 aliphatic heterocycles. The Morgan fingerprint density at radius 3 is 2.69 bits per heavy atom. The van der Waals surface area contributed by atoms with Crippen LogP contribution in [0.3, 0.4) is 0 Å². The molecule has 0 aromatic carbocycles. The number of hydrogen-bond donors (Lipinski definition) is 5. The first kappa shape index (κ1) is 17.9. The SMILES string of the molecule is Nc1ncnc2c1ncn2N1C=Nc2c(ncn2[C@@H]2O[C@H](CO)C(O)C2O)C1N. The molecule has 7 N–H and O–H groups in total. The van der Waals surface area contributed by atoms with Crippen LogP contribution in [0.4, 0.5) is 11.6 Å². The van der Waals surface area contributed by atoms with Crippen LogP contribution in [-0.2, 0) is 4.74 Å². The maximum absolute atomic E-state index is 10.3. The number of anilines is 1. The molecule has 1 fully saturated rings. The molecule has 0 saturated carbocycles. The Morgan fingerprint density at radius 2 is 1.93 bits per heavy atom. The van der Waals surface area contributed by atoms with Crippen LogP contribution in [0.15, 0.2) is 24.0 Å². The first-order chi connectivity index (χ1) is 14.0. The van der Waals surface area contributed by atoms with Crippen molar-refractivity contribution in [3.8, 4) is 0 Å². The second-order valence-electron chi connectivity index (χ2n) is 6.68. The van der Waals surface area contributed by atoms with E-state index in [0.29, 0.717) is 22.7 Å². The molecular weight excluding hydrogens is 384 g/mol. The molecule has 29 heavy (non-hydrogen) atoms. The number of aromatic nitrogens is 6. The molecule has 14 heteroatoms. The van der Waals surface area contributed by atoms with Gasteiger partial charge >= 0.3 is 0 Å². The monoisotopic (exact) mass is 402 g/mol. The number of nitrogens with zero attached hydrogens (tertiary/aromatic N) is 8. The lowest BCUT2D eigenvalue weighted by Crippen LogP contribution is -2.43. The van der Waals surface area contributed by atoms with Gasteiger partial charge in [0.05, 0.1) is 12.9 Å². The van der Waals surface area contributed by atoms with Gasteiger partial charge in [-0.2, -0.15) is 0 Å². The average molecular weight is 402 g/mol. The van der Waals surface area contributed by atoms with Crippen LogP contribution in [0, 0.1) is 0 Å². The number of nitrogens with two attached hydrogens (primary N) is 2. The van der Waals surface area contributed by atoms with Crippen LogP contribution < -0.4 is 16.5 Å². The number of ether oxygens (including phenoxy) is 1. The Labute approximate surface area is 162 Å². The van der Waals surface area contributed by atoms with Crippen molar-refractivity contribution < 1.29 is 20.1 Å². The number of aliphatic hydroxyl groups is 3. The first-order valence-electron chi connectivity index (χ1n) is 8.72. The Kier molecular flexibility index (Phi) is 3.97. The standard InChI is InChI=1S/C15H18N10O4/c16-11-7-14(19-2-18-11)25(4-21-7)24-5-22-13-8(12(24)17)20-3-23(13)15-10(28)9(27)6(1-26)29-15/h2-6,9-10,12,15,26-28H,1,17H2,(H2,16,18,19)/t6-,9?,10?,12?,15-/m1/s1. The van der Waals surface area contributed by atoms with E-state index in [-0.39, 0.29) is 5.82 Å². The summed E-state index contributed by atoms with van der Waals surface area (Å²) in [5.41, 5.74) is 13.5. The average Bonchev–Trinajstić information content (AvgIpc) is 3.40. The lowest BCUT2D eigenvalue weighted by Gasteiger charge is -2.29. The molecule has 5 heterocycles. The van der Waals surface area contributed by atoms with Crippen molar-refractivity contribution in [3.63, 3.8) is 0 Å². The third kappa shape index (κ3) is 2.51. The first-order valence-corrected chi connectivity index (χ1v) is 8.72. The zero-order valence-corrected chi connectivity index (χ0v) is 14.9. The zero-order chi connectivity index (χ0) is 20.3. The fourth-order valence-corrected chi connectivity index (χ4v) is 3.52. The predicted octanol–water partition coefficient (Wildman–Crippen LogP) is -2.51. The van der Waals surface area contributed by atoms with Gasteiger partial charge < -0.3 is 31.5 Å². The molecule has 3 aromatic heterocycles. The van der Waals surface area contributed by atoms with Gasteiger partial charge in [-0.3, -0.25) is 4.57 Å². The summed E-state index contributed by atoms with van der Waals surface area (Å²) in [6.45, 7) is -0.430. The molecule has 0 bridgehead atoms. The van der Waals surface area contributed by atoms with Crippen LogP contribution in [-0.4, -0.2) is 75.8 Å². The van der Waals surface area contributed by atoms with E-state index in [4.69, 9.17) is 16.2 Å². The van der Waals surface area contributed by atoms with Crippen LogP contribution in [0.5, 0.6) is 0 Å². The fourth-order valence-electron chi connectivity index (χ4n) is 3.52. The quantitative estimate of drug-likeness (QED) is 0.310. The molecule has 0 radical (unpaired) electrons. The van der Waals surface area contributed by atoms with Gasteiger partial charge in [-0.1, -0.05) is 0 Å². The maximum atomic E-state index is 10.3. The summed E-state index contributed by atoms with van der Waals surface area (Å²) in [6, 6.07) is 0. The summed E-state index contributed by atoms with van der Waals surface area (Å²) in [7, 11) is 0. The van der Waals surface area contributed by atoms with Crippen molar-refractivity contribution in [1.29, 1.82) is 0 Å². The van der Waals surface area contributed by atoms with Crippen LogP contribution in [0.25, 0.3) is 11.2 Å². The summed E-state index contributed by atoms with van der Waals surface area (Å²) in [6.07, 6.45) is 0.581. The third-order valence-electron chi connectivity index (χ3n) is 5.04. The molecule has 0 aliphatic carbocycles. The molecule has 0 amide bonds. The minimum absolute atomic E-state index is 0.241. The summed E-state index contributed by atoms with van der Waals surface area (Å²) in [4.78, 5) is 21.0. The van der Waals surface area contributed by atoms with Crippen molar-refractivity contribution in [1.82, 2.24) is 29.2 Å². The third-order valence-corrected chi connectivity index (χ3v) is 5.04. The van der Waals surface area contributed by atoms with E-state index in [2.05, 4.69) is 24.9 Å². The summed E-state index contributed by atoms with van der Waals surface area (Å²) in [5, 5.41) is 31.1. The summed E-state index contributed by atoms with van der Waals surface area (Å²) >= 11 is 0. The van der Waals surface area contributed by atoms with Crippen LogP contribution in [0.2, 0.25) is 0 Å². The van der Waals surface area contributed by atoms with Gasteiger partial charge in [0.15, 0.2) is 29.0 Å². The van der Waals surface area contributed by atoms with E-state index in [1.54, 1.807) is 9.69 Å². The van der Waals surface area contributed by atoms with Crippen molar-refractivity contribution in [2.75, 3.05) is 17.3 Å². The molecule has 0 spiro atoms. The van der Waals surface area contributed by atoms with Crippen LogP contribution in [0.1, 0.15) is 18.1 Å². The number of aliphatic hydroxyl groups excluding tert-OH is 3. The predicted molar refractivity (Wildman–Crippen MR) is 98.3 cm³/mol. The maximum Gasteiger partial charge on any atom is 0.184 e. The van der Waals surface area contributed by atoms with Crippen LogP contribution >= 0.6 is 0 Å². The highest BCUT2D eigenvalue weighted by atomic mass is 16.6. The van der Waals surface area contributed by atoms with Gasteiger partial charge in [0.1, 0.15) is 49.2 Å². The highest BCUT2D eigenvalue weighted by molar-refractivity contribution is 5.84. The second kappa shape index (κ2) is 6.43. The summed E-state index contributed by atoms with van der Waals surface area (Å²) < 4.78 is 8.60. The number of rotatable bonds is 3. The van der Waals surface area contributed by atoms with Crippen molar-refractivity contribution in [3.05, 3.63) is 24.7 Å². The number of imidazole rings is 2. The molecule has 3 unspecified atom stereocenters. The number of fused-ring (bicyclic) bond motifs is 2. The van der Waals surface area contributed by atoms with Gasteiger partial charge in [-0.15, -0.1) is 0 Å². The number of nitrogen functional groups attached to an aromatic ring is 1. The second-order valence-corrected chi connectivity index (χ2v) is 6.68. The van der Waals surface area contributed by atoms with E-state index in [9.17, 15) is 15.3 Å². The van der Waals surface area contributed by atoms with Gasteiger partial charge in [0.2, 0.25) is 0 Å².